The minimum atomic E-state index is -0.125. The van der Waals surface area contributed by atoms with Crippen molar-refractivity contribution in [2.45, 2.75) is 50.9 Å². The normalized spacial score (nSPS) is 20.9. The van der Waals surface area contributed by atoms with Gasteiger partial charge in [-0.15, -0.1) is 0 Å². The molecule has 3 rings (SSSR count). The molecule has 2 fully saturated rings. The molecule has 0 amide bonds. The van der Waals surface area contributed by atoms with Gasteiger partial charge in [0.2, 0.25) is 5.88 Å². The number of nitrogens with one attached hydrogen (secondary N) is 1. The Morgan fingerprint density at radius 1 is 1.24 bits per heavy atom. The van der Waals surface area contributed by atoms with Crippen LogP contribution in [0.15, 0.2) is 4.79 Å². The van der Waals surface area contributed by atoms with Gasteiger partial charge in [0.05, 0.1) is 5.56 Å². The Labute approximate surface area is 100 Å². The minimum Gasteiger partial charge on any atom is -0.493 e. The molecule has 0 aliphatic heterocycles. The van der Waals surface area contributed by atoms with E-state index in [4.69, 9.17) is 0 Å². The number of nitrogens with zero attached hydrogens (tertiary/aromatic N) is 1. The van der Waals surface area contributed by atoms with Gasteiger partial charge in [-0.2, -0.15) is 0 Å². The van der Waals surface area contributed by atoms with Crippen molar-refractivity contribution >= 4 is 0 Å². The molecule has 2 aliphatic carbocycles. The van der Waals surface area contributed by atoms with Gasteiger partial charge in [0, 0.05) is 6.42 Å². The second-order valence-corrected chi connectivity index (χ2v) is 5.38. The number of hydrogen-bond donors (Lipinski definition) is 2. The Hall–Kier alpha value is -1.32. The third-order valence-electron chi connectivity index (χ3n) is 3.93. The van der Waals surface area contributed by atoms with Crippen LogP contribution in [0, 0.1) is 5.92 Å². The maximum absolute atomic E-state index is 12.0. The Morgan fingerprint density at radius 2 is 1.94 bits per heavy atom. The number of aromatic amines is 1. The van der Waals surface area contributed by atoms with Crippen LogP contribution in [0.4, 0.5) is 0 Å². The molecule has 2 N–H and O–H groups in total. The summed E-state index contributed by atoms with van der Waals surface area (Å²) in [5.41, 5.74) is 0.391. The molecular weight excluding hydrogens is 216 g/mol. The summed E-state index contributed by atoms with van der Waals surface area (Å²) in [4.78, 5) is 19.0. The van der Waals surface area contributed by atoms with Gasteiger partial charge in [-0.05, 0) is 37.5 Å². The van der Waals surface area contributed by atoms with Crippen LogP contribution in [0.5, 0.6) is 5.88 Å². The second kappa shape index (κ2) is 4.17. The van der Waals surface area contributed by atoms with Gasteiger partial charge < -0.3 is 10.1 Å². The molecular formula is C13H18N2O2. The van der Waals surface area contributed by atoms with E-state index in [9.17, 15) is 9.90 Å². The first-order valence-corrected chi connectivity index (χ1v) is 6.56. The average molecular weight is 234 g/mol. The van der Waals surface area contributed by atoms with E-state index in [1.54, 1.807) is 0 Å². The van der Waals surface area contributed by atoms with E-state index < -0.39 is 0 Å². The molecule has 1 heterocycles. The highest BCUT2D eigenvalue weighted by Gasteiger charge is 2.26. The first-order valence-electron chi connectivity index (χ1n) is 6.56. The number of aromatic nitrogens is 2. The summed E-state index contributed by atoms with van der Waals surface area (Å²) in [6.45, 7) is 0. The highest BCUT2D eigenvalue weighted by Crippen LogP contribution is 2.36. The summed E-state index contributed by atoms with van der Waals surface area (Å²) in [6.07, 6.45) is 7.53. The third-order valence-corrected chi connectivity index (χ3v) is 3.93. The molecule has 92 valence electrons. The van der Waals surface area contributed by atoms with Crippen LogP contribution in [-0.2, 0) is 6.42 Å². The predicted molar refractivity (Wildman–Crippen MR) is 64.2 cm³/mol. The molecule has 0 atom stereocenters. The van der Waals surface area contributed by atoms with Gasteiger partial charge in [0.15, 0.2) is 0 Å². The quantitative estimate of drug-likeness (QED) is 0.841. The smallest absolute Gasteiger partial charge is 0.258 e. The molecule has 0 unspecified atom stereocenters. The molecule has 17 heavy (non-hydrogen) atoms. The number of hydrogen-bond acceptors (Lipinski definition) is 3. The molecule has 4 nitrogen and oxygen atoms in total. The summed E-state index contributed by atoms with van der Waals surface area (Å²) in [5, 5.41) is 9.93. The lowest BCUT2D eigenvalue weighted by atomic mass is 10.00. The van der Waals surface area contributed by atoms with Crippen LogP contribution in [0.1, 0.15) is 55.8 Å². The average Bonchev–Trinajstić information content (AvgIpc) is 2.92. The van der Waals surface area contributed by atoms with E-state index in [2.05, 4.69) is 9.97 Å². The number of H-pyrrole nitrogens is 1. The Bertz CT molecular complexity index is 471. The Morgan fingerprint density at radius 3 is 2.53 bits per heavy atom. The molecule has 1 aromatic heterocycles. The zero-order valence-corrected chi connectivity index (χ0v) is 9.91. The fourth-order valence-corrected chi connectivity index (χ4v) is 2.79. The van der Waals surface area contributed by atoms with Crippen molar-refractivity contribution in [1.29, 1.82) is 0 Å². The van der Waals surface area contributed by atoms with Crippen molar-refractivity contribution < 1.29 is 5.11 Å². The monoisotopic (exact) mass is 234 g/mol. The first-order chi connectivity index (χ1) is 8.24. The first kappa shape index (κ1) is 10.8. The minimum absolute atomic E-state index is 0.0312. The van der Waals surface area contributed by atoms with E-state index in [1.165, 1.54) is 12.8 Å². The van der Waals surface area contributed by atoms with Crippen molar-refractivity contribution in [2.24, 2.45) is 5.92 Å². The standard InChI is InChI=1S/C13H18N2O2/c16-12-11(9-3-1-2-4-9)13(17)15-10(14-12)7-8-5-6-8/h8-9H,1-7H2,(H2,14,15,16,17). The van der Waals surface area contributed by atoms with Gasteiger partial charge in [0.25, 0.3) is 5.56 Å². The topological polar surface area (TPSA) is 66.0 Å². The third kappa shape index (κ3) is 2.21. The lowest BCUT2D eigenvalue weighted by Gasteiger charge is -2.10. The molecule has 4 heteroatoms. The van der Waals surface area contributed by atoms with Crippen LogP contribution in [0.25, 0.3) is 0 Å². The van der Waals surface area contributed by atoms with Gasteiger partial charge in [-0.3, -0.25) is 4.79 Å². The molecule has 0 radical (unpaired) electrons. The van der Waals surface area contributed by atoms with Crippen LogP contribution < -0.4 is 5.56 Å². The molecule has 0 saturated heterocycles. The molecule has 2 aliphatic rings. The number of rotatable bonds is 3. The zero-order valence-electron chi connectivity index (χ0n) is 9.91. The van der Waals surface area contributed by atoms with Crippen molar-refractivity contribution in [2.75, 3.05) is 0 Å². The van der Waals surface area contributed by atoms with E-state index in [0.717, 1.165) is 32.1 Å². The summed E-state index contributed by atoms with van der Waals surface area (Å²) in [5.74, 6) is 1.49. The lowest BCUT2D eigenvalue weighted by molar-refractivity contribution is 0.431. The fourth-order valence-electron chi connectivity index (χ4n) is 2.79. The van der Waals surface area contributed by atoms with Crippen LogP contribution >= 0.6 is 0 Å². The fraction of sp³-hybridized carbons (Fsp3) is 0.692. The van der Waals surface area contributed by atoms with Crippen LogP contribution in [0.2, 0.25) is 0 Å². The van der Waals surface area contributed by atoms with E-state index in [-0.39, 0.29) is 17.4 Å². The van der Waals surface area contributed by atoms with E-state index in [0.29, 0.717) is 17.3 Å². The van der Waals surface area contributed by atoms with Crippen molar-refractivity contribution in [3.05, 3.63) is 21.7 Å². The number of aromatic hydroxyl groups is 1. The maximum Gasteiger partial charge on any atom is 0.258 e. The van der Waals surface area contributed by atoms with Crippen molar-refractivity contribution in [3.63, 3.8) is 0 Å². The van der Waals surface area contributed by atoms with Crippen molar-refractivity contribution in [3.8, 4) is 5.88 Å². The molecule has 0 aromatic carbocycles. The largest absolute Gasteiger partial charge is 0.493 e. The van der Waals surface area contributed by atoms with Crippen molar-refractivity contribution in [1.82, 2.24) is 9.97 Å². The highest BCUT2D eigenvalue weighted by molar-refractivity contribution is 5.27. The lowest BCUT2D eigenvalue weighted by Crippen LogP contribution is -2.19. The summed E-state index contributed by atoms with van der Waals surface area (Å²) in [6, 6.07) is 0. The van der Waals surface area contributed by atoms with Gasteiger partial charge in [0.1, 0.15) is 5.82 Å². The van der Waals surface area contributed by atoms with Crippen LogP contribution in [0.3, 0.4) is 0 Å². The maximum atomic E-state index is 12.0. The Kier molecular flexibility index (Phi) is 2.65. The van der Waals surface area contributed by atoms with Crippen LogP contribution in [-0.4, -0.2) is 15.1 Å². The SMILES string of the molecule is O=c1[nH]c(CC2CC2)nc(O)c1C1CCCC1. The highest BCUT2D eigenvalue weighted by atomic mass is 16.3. The molecule has 0 bridgehead atoms. The van der Waals surface area contributed by atoms with Gasteiger partial charge >= 0.3 is 0 Å². The summed E-state index contributed by atoms with van der Waals surface area (Å²) >= 11 is 0. The summed E-state index contributed by atoms with van der Waals surface area (Å²) in [7, 11) is 0. The van der Waals surface area contributed by atoms with Gasteiger partial charge in [-0.25, -0.2) is 4.98 Å². The van der Waals surface area contributed by atoms with E-state index in [1.807, 2.05) is 0 Å². The van der Waals surface area contributed by atoms with Gasteiger partial charge in [-0.1, -0.05) is 12.8 Å². The zero-order chi connectivity index (χ0) is 11.8. The molecule has 0 spiro atoms. The Balaban J connectivity index is 1.90. The second-order valence-electron chi connectivity index (χ2n) is 5.38. The molecule has 2 saturated carbocycles. The predicted octanol–water partition coefficient (Wildman–Crippen LogP) is 2.09. The van der Waals surface area contributed by atoms with E-state index >= 15 is 0 Å². The molecule has 1 aromatic rings. The summed E-state index contributed by atoms with van der Waals surface area (Å²) < 4.78 is 0.